The first-order valence-corrected chi connectivity index (χ1v) is 9.57. The van der Waals surface area contributed by atoms with Gasteiger partial charge in [0.05, 0.1) is 14.2 Å². The molecule has 0 saturated heterocycles. The zero-order valence-corrected chi connectivity index (χ0v) is 16.1. The van der Waals surface area contributed by atoms with Gasteiger partial charge in [0.1, 0.15) is 11.5 Å². The van der Waals surface area contributed by atoms with E-state index in [0.29, 0.717) is 0 Å². The zero-order valence-electron chi connectivity index (χ0n) is 16.1. The van der Waals surface area contributed by atoms with Crippen LogP contribution in [0.15, 0.2) is 84.4 Å². The quantitative estimate of drug-likeness (QED) is 0.574. The lowest BCUT2D eigenvalue weighted by molar-refractivity contribution is 0.414. The lowest BCUT2D eigenvalue weighted by atomic mass is 9.69. The van der Waals surface area contributed by atoms with Crippen molar-refractivity contribution in [2.24, 2.45) is 0 Å². The number of benzene rings is 3. The second-order valence-corrected chi connectivity index (χ2v) is 7.33. The van der Waals surface area contributed by atoms with Crippen LogP contribution in [0.5, 0.6) is 11.5 Å². The third kappa shape index (κ3) is 2.34. The van der Waals surface area contributed by atoms with E-state index in [-0.39, 0.29) is 5.41 Å². The van der Waals surface area contributed by atoms with Gasteiger partial charge in [0.15, 0.2) is 0 Å². The number of hydrogen-bond acceptors (Lipinski definition) is 2. The molecule has 2 aliphatic carbocycles. The van der Waals surface area contributed by atoms with Crippen LogP contribution in [0, 0.1) is 0 Å². The van der Waals surface area contributed by atoms with E-state index in [1.807, 2.05) is 0 Å². The van der Waals surface area contributed by atoms with Gasteiger partial charge in [0.25, 0.3) is 0 Å². The van der Waals surface area contributed by atoms with Gasteiger partial charge in [-0.3, -0.25) is 0 Å². The van der Waals surface area contributed by atoms with E-state index in [1.165, 1.54) is 33.4 Å². The summed E-state index contributed by atoms with van der Waals surface area (Å²) in [5.74, 6) is 1.76. The molecule has 3 aromatic rings. The van der Waals surface area contributed by atoms with E-state index in [4.69, 9.17) is 9.47 Å². The summed E-state index contributed by atoms with van der Waals surface area (Å²) in [6, 6.07) is 25.7. The van der Waals surface area contributed by atoms with Crippen molar-refractivity contribution >= 4 is 11.6 Å². The van der Waals surface area contributed by atoms with Crippen LogP contribution in [0.3, 0.4) is 0 Å². The Bertz CT molecular complexity index is 1040. The van der Waals surface area contributed by atoms with E-state index in [9.17, 15) is 0 Å². The summed E-state index contributed by atoms with van der Waals surface area (Å²) in [6.45, 7) is 0. The lowest BCUT2D eigenvalue weighted by Gasteiger charge is -2.33. The molecule has 2 heteroatoms. The summed E-state index contributed by atoms with van der Waals surface area (Å²) in [7, 11) is 3.42. The molecule has 0 N–H and O–H groups in total. The molecule has 28 heavy (non-hydrogen) atoms. The molecule has 0 aromatic heterocycles. The molecule has 0 saturated carbocycles. The SMILES string of the molecule is COc1ccc(C2(c3ccc(OC)cc3)CC=C3C2=Cc2ccccc23)cc1. The Labute approximate surface area is 165 Å². The van der Waals surface area contributed by atoms with Crippen molar-refractivity contribution < 1.29 is 9.47 Å². The minimum absolute atomic E-state index is 0.201. The van der Waals surface area contributed by atoms with Gasteiger partial charge in [0.2, 0.25) is 0 Å². The summed E-state index contributed by atoms with van der Waals surface area (Å²) in [4.78, 5) is 0. The minimum Gasteiger partial charge on any atom is -0.497 e. The van der Waals surface area contributed by atoms with E-state index in [1.54, 1.807) is 14.2 Å². The highest BCUT2D eigenvalue weighted by Gasteiger charge is 2.45. The van der Waals surface area contributed by atoms with Gasteiger partial charge >= 0.3 is 0 Å². The largest absolute Gasteiger partial charge is 0.497 e. The maximum Gasteiger partial charge on any atom is 0.118 e. The maximum atomic E-state index is 5.39. The predicted molar refractivity (Wildman–Crippen MR) is 114 cm³/mol. The Hall–Kier alpha value is -3.26. The molecule has 0 spiro atoms. The van der Waals surface area contributed by atoms with E-state index in [0.717, 1.165) is 17.9 Å². The number of hydrogen-bond donors (Lipinski definition) is 0. The smallest absolute Gasteiger partial charge is 0.118 e. The van der Waals surface area contributed by atoms with Crippen molar-refractivity contribution in [1.29, 1.82) is 0 Å². The van der Waals surface area contributed by atoms with Crippen molar-refractivity contribution in [3.63, 3.8) is 0 Å². The van der Waals surface area contributed by atoms with Gasteiger partial charge in [-0.1, -0.05) is 54.6 Å². The molecule has 2 aliphatic rings. The number of allylic oxidation sites excluding steroid dienone is 3. The summed E-state index contributed by atoms with van der Waals surface area (Å²) < 4.78 is 10.8. The molecule has 5 rings (SSSR count). The van der Waals surface area contributed by atoms with Gasteiger partial charge in [-0.2, -0.15) is 0 Å². The zero-order chi connectivity index (χ0) is 19.1. The predicted octanol–water partition coefficient (Wildman–Crippen LogP) is 5.87. The highest BCUT2D eigenvalue weighted by Crippen LogP contribution is 2.56. The molecular weight excluding hydrogens is 344 g/mol. The van der Waals surface area contributed by atoms with Crippen LogP contribution in [0.2, 0.25) is 0 Å². The van der Waals surface area contributed by atoms with Gasteiger partial charge in [-0.15, -0.1) is 0 Å². The maximum absolute atomic E-state index is 5.39. The fraction of sp³-hybridized carbons (Fsp3) is 0.154. The number of fused-ring (bicyclic) bond motifs is 3. The van der Waals surface area contributed by atoms with Crippen molar-refractivity contribution in [2.45, 2.75) is 11.8 Å². The molecule has 0 fully saturated rings. The Kier molecular flexibility index (Phi) is 3.87. The number of ether oxygens (including phenoxy) is 2. The molecule has 3 aromatic carbocycles. The average Bonchev–Trinajstić information content (AvgIpc) is 3.32. The molecule has 0 unspecified atom stereocenters. The van der Waals surface area contributed by atoms with Gasteiger partial charge < -0.3 is 9.47 Å². The van der Waals surface area contributed by atoms with E-state index in [2.05, 4.69) is 84.9 Å². The highest BCUT2D eigenvalue weighted by atomic mass is 16.5. The lowest BCUT2D eigenvalue weighted by Crippen LogP contribution is -2.26. The molecule has 0 heterocycles. The second kappa shape index (κ2) is 6.42. The van der Waals surface area contributed by atoms with Gasteiger partial charge in [-0.25, -0.2) is 0 Å². The van der Waals surface area contributed by atoms with Crippen LogP contribution >= 0.6 is 0 Å². The summed E-state index contributed by atoms with van der Waals surface area (Å²) >= 11 is 0. The Balaban J connectivity index is 1.71. The Morgan fingerprint density at radius 1 is 0.714 bits per heavy atom. The molecule has 2 nitrogen and oxygen atoms in total. The summed E-state index contributed by atoms with van der Waals surface area (Å²) in [5, 5.41) is 0. The molecule has 0 bridgehead atoms. The van der Waals surface area contributed by atoms with Gasteiger partial charge in [0, 0.05) is 5.41 Å². The van der Waals surface area contributed by atoms with Crippen molar-refractivity contribution in [2.75, 3.05) is 14.2 Å². The van der Waals surface area contributed by atoms with Crippen LogP contribution in [0.25, 0.3) is 11.6 Å². The van der Waals surface area contributed by atoms with Crippen LogP contribution in [0.4, 0.5) is 0 Å². The third-order valence-electron chi connectivity index (χ3n) is 6.08. The minimum atomic E-state index is -0.201. The van der Waals surface area contributed by atoms with Crippen molar-refractivity contribution in [3.05, 3.63) is 107 Å². The molecule has 0 amide bonds. The Morgan fingerprint density at radius 3 is 1.86 bits per heavy atom. The molecule has 0 radical (unpaired) electrons. The number of rotatable bonds is 4. The van der Waals surface area contributed by atoms with Crippen LogP contribution in [-0.4, -0.2) is 14.2 Å². The van der Waals surface area contributed by atoms with Crippen LogP contribution in [0.1, 0.15) is 28.7 Å². The summed E-state index contributed by atoms with van der Waals surface area (Å²) in [6.07, 6.45) is 5.70. The first-order valence-electron chi connectivity index (χ1n) is 9.57. The highest BCUT2D eigenvalue weighted by molar-refractivity contribution is 6.00. The van der Waals surface area contributed by atoms with Crippen LogP contribution < -0.4 is 9.47 Å². The van der Waals surface area contributed by atoms with E-state index < -0.39 is 0 Å². The van der Waals surface area contributed by atoms with Gasteiger partial charge in [-0.05, 0) is 70.2 Å². The fourth-order valence-electron chi connectivity index (χ4n) is 4.65. The first-order chi connectivity index (χ1) is 13.8. The monoisotopic (exact) mass is 366 g/mol. The average molecular weight is 366 g/mol. The molecular formula is C26H22O2. The normalized spacial score (nSPS) is 16.1. The van der Waals surface area contributed by atoms with Crippen LogP contribution in [-0.2, 0) is 5.41 Å². The Morgan fingerprint density at radius 2 is 1.29 bits per heavy atom. The fourth-order valence-corrected chi connectivity index (χ4v) is 4.65. The van der Waals surface area contributed by atoms with Crippen molar-refractivity contribution in [1.82, 2.24) is 0 Å². The standard InChI is InChI=1S/C26H22O2/c1-27-21-11-7-19(8-12-21)26(20-9-13-22(28-2)14-10-20)16-15-24-23-6-4-3-5-18(23)17-25(24)26/h3-15,17H,16H2,1-2H3. The molecule has 0 aliphatic heterocycles. The van der Waals surface area contributed by atoms with Crippen molar-refractivity contribution in [3.8, 4) is 11.5 Å². The topological polar surface area (TPSA) is 18.5 Å². The second-order valence-electron chi connectivity index (χ2n) is 7.33. The summed E-state index contributed by atoms with van der Waals surface area (Å²) in [5.41, 5.74) is 7.74. The first kappa shape index (κ1) is 16.9. The van der Waals surface area contributed by atoms with E-state index >= 15 is 0 Å². The molecule has 138 valence electrons. The number of methoxy groups -OCH3 is 2. The molecule has 0 atom stereocenters. The third-order valence-corrected chi connectivity index (χ3v) is 6.08.